The molecular weight excluding hydrogens is 250 g/mol. The summed E-state index contributed by atoms with van der Waals surface area (Å²) < 4.78 is 0. The second-order valence-corrected chi connectivity index (χ2v) is 5.45. The van der Waals surface area contributed by atoms with Gasteiger partial charge in [-0.3, -0.25) is 0 Å². The van der Waals surface area contributed by atoms with Crippen LogP contribution in [0.2, 0.25) is 5.15 Å². The third-order valence-electron chi connectivity index (χ3n) is 3.35. The van der Waals surface area contributed by atoms with Crippen molar-refractivity contribution in [1.29, 1.82) is 0 Å². The number of hydrogen-bond acceptors (Lipinski definition) is 5. The van der Waals surface area contributed by atoms with Gasteiger partial charge in [-0.2, -0.15) is 0 Å². The molecule has 6 heteroatoms. The number of nitrogens with two attached hydrogens (primary N) is 1. The van der Waals surface area contributed by atoms with Crippen molar-refractivity contribution in [2.45, 2.75) is 12.8 Å². The molecule has 18 heavy (non-hydrogen) atoms. The summed E-state index contributed by atoms with van der Waals surface area (Å²) in [5.74, 6) is 1.54. The van der Waals surface area contributed by atoms with Crippen molar-refractivity contribution in [2.75, 3.05) is 44.4 Å². The van der Waals surface area contributed by atoms with E-state index < -0.39 is 0 Å². The van der Waals surface area contributed by atoms with Gasteiger partial charge in [0.25, 0.3) is 0 Å². The van der Waals surface area contributed by atoms with Gasteiger partial charge in [-0.05, 0) is 32.9 Å². The van der Waals surface area contributed by atoms with Crippen molar-refractivity contribution in [3.05, 3.63) is 11.5 Å². The van der Waals surface area contributed by atoms with Crippen molar-refractivity contribution in [3.8, 4) is 0 Å². The van der Waals surface area contributed by atoms with Gasteiger partial charge in [0.2, 0.25) is 0 Å². The van der Waals surface area contributed by atoms with Gasteiger partial charge in [0, 0.05) is 19.6 Å². The minimum atomic E-state index is 0.343. The molecule has 0 aliphatic carbocycles. The molecule has 2 rings (SSSR count). The second kappa shape index (κ2) is 5.71. The molecule has 0 bridgehead atoms. The zero-order valence-electron chi connectivity index (χ0n) is 10.9. The topological polar surface area (TPSA) is 58.3 Å². The van der Waals surface area contributed by atoms with E-state index in [1.165, 1.54) is 19.2 Å². The van der Waals surface area contributed by atoms with Gasteiger partial charge in [-0.25, -0.2) is 9.97 Å². The van der Waals surface area contributed by atoms with Gasteiger partial charge in [0.15, 0.2) is 11.0 Å². The highest BCUT2D eigenvalue weighted by Gasteiger charge is 2.22. The third-order valence-corrected chi connectivity index (χ3v) is 3.65. The minimum Gasteiger partial charge on any atom is -0.393 e. The first-order valence-electron chi connectivity index (χ1n) is 6.23. The van der Waals surface area contributed by atoms with Crippen LogP contribution in [0.3, 0.4) is 0 Å². The lowest BCUT2D eigenvalue weighted by molar-refractivity contribution is 0.284. The Labute approximate surface area is 113 Å². The fourth-order valence-corrected chi connectivity index (χ4v) is 2.59. The van der Waals surface area contributed by atoms with Crippen LogP contribution in [0.15, 0.2) is 6.33 Å². The van der Waals surface area contributed by atoms with Gasteiger partial charge in [0.1, 0.15) is 12.0 Å². The molecule has 0 spiro atoms. The first kappa shape index (κ1) is 13.4. The maximum absolute atomic E-state index is 5.92. The summed E-state index contributed by atoms with van der Waals surface area (Å²) in [7, 11) is 4.24. The van der Waals surface area contributed by atoms with Crippen molar-refractivity contribution in [3.63, 3.8) is 0 Å². The van der Waals surface area contributed by atoms with Gasteiger partial charge >= 0.3 is 0 Å². The Balaban J connectivity index is 1.99. The Morgan fingerprint density at radius 1 is 1.39 bits per heavy atom. The Morgan fingerprint density at radius 3 is 2.67 bits per heavy atom. The fourth-order valence-electron chi connectivity index (χ4n) is 2.46. The van der Waals surface area contributed by atoms with E-state index in [2.05, 4.69) is 33.9 Å². The molecule has 0 amide bonds. The molecule has 2 N–H and O–H groups in total. The lowest BCUT2D eigenvalue weighted by Crippen LogP contribution is -2.37. The summed E-state index contributed by atoms with van der Waals surface area (Å²) >= 11 is 5.92. The van der Waals surface area contributed by atoms with Crippen molar-refractivity contribution in [1.82, 2.24) is 14.9 Å². The molecule has 1 saturated heterocycles. The van der Waals surface area contributed by atoms with Gasteiger partial charge in [-0.15, -0.1) is 0 Å². The molecule has 0 atom stereocenters. The van der Waals surface area contributed by atoms with Crippen LogP contribution in [0, 0.1) is 5.92 Å². The number of halogens is 1. The van der Waals surface area contributed by atoms with Crippen LogP contribution in [0.1, 0.15) is 12.8 Å². The molecule has 5 nitrogen and oxygen atoms in total. The average molecular weight is 270 g/mol. The molecule has 0 saturated carbocycles. The van der Waals surface area contributed by atoms with E-state index in [1.54, 1.807) is 0 Å². The minimum absolute atomic E-state index is 0.343. The Kier molecular flexibility index (Phi) is 4.24. The summed E-state index contributed by atoms with van der Waals surface area (Å²) in [6.07, 6.45) is 3.80. The smallest absolute Gasteiger partial charge is 0.157 e. The summed E-state index contributed by atoms with van der Waals surface area (Å²) in [4.78, 5) is 12.6. The SMILES string of the molecule is CN(C)CC1CCN(c2ncnc(Cl)c2N)CC1. The van der Waals surface area contributed by atoms with E-state index in [0.717, 1.165) is 31.4 Å². The van der Waals surface area contributed by atoms with Gasteiger partial charge < -0.3 is 15.5 Å². The number of piperidine rings is 1. The summed E-state index contributed by atoms with van der Waals surface area (Å²) in [6.45, 7) is 3.11. The zero-order chi connectivity index (χ0) is 13.1. The number of aromatic nitrogens is 2. The fraction of sp³-hybridized carbons (Fsp3) is 0.667. The largest absolute Gasteiger partial charge is 0.393 e. The van der Waals surface area contributed by atoms with E-state index in [1.807, 2.05) is 0 Å². The van der Waals surface area contributed by atoms with E-state index in [-0.39, 0.29) is 0 Å². The summed E-state index contributed by atoms with van der Waals surface area (Å²) in [5.41, 5.74) is 6.41. The quantitative estimate of drug-likeness (QED) is 0.843. The lowest BCUT2D eigenvalue weighted by atomic mass is 9.96. The predicted octanol–water partition coefficient (Wildman–Crippen LogP) is 1.49. The van der Waals surface area contributed by atoms with Crippen LogP contribution in [0.5, 0.6) is 0 Å². The highest BCUT2D eigenvalue weighted by molar-refractivity contribution is 6.32. The third kappa shape index (κ3) is 3.03. The predicted molar refractivity (Wildman–Crippen MR) is 74.9 cm³/mol. The van der Waals surface area contributed by atoms with Crippen molar-refractivity contribution in [2.24, 2.45) is 5.92 Å². The molecule has 1 fully saturated rings. The number of nitrogen functional groups attached to an aromatic ring is 1. The highest BCUT2D eigenvalue weighted by Crippen LogP contribution is 2.29. The van der Waals surface area contributed by atoms with Crippen molar-refractivity contribution < 1.29 is 0 Å². The molecular formula is C12H20ClN5. The Hall–Kier alpha value is -1.07. The van der Waals surface area contributed by atoms with Crippen LogP contribution in [-0.4, -0.2) is 48.6 Å². The monoisotopic (exact) mass is 269 g/mol. The standard InChI is InChI=1S/C12H20ClN5/c1-17(2)7-9-3-5-18(6-4-9)12-10(14)11(13)15-8-16-12/h8-9H,3-7,14H2,1-2H3. The molecule has 100 valence electrons. The second-order valence-electron chi connectivity index (χ2n) is 5.09. The van der Waals surface area contributed by atoms with Gasteiger partial charge in [-0.1, -0.05) is 11.6 Å². The Bertz CT molecular complexity index is 401. The number of rotatable bonds is 3. The first-order valence-corrected chi connectivity index (χ1v) is 6.61. The van der Waals surface area contributed by atoms with Crippen LogP contribution >= 0.6 is 11.6 Å². The zero-order valence-corrected chi connectivity index (χ0v) is 11.7. The van der Waals surface area contributed by atoms with Crippen LogP contribution in [0.25, 0.3) is 0 Å². The van der Waals surface area contributed by atoms with E-state index in [9.17, 15) is 0 Å². The van der Waals surface area contributed by atoms with E-state index >= 15 is 0 Å². The van der Waals surface area contributed by atoms with Crippen molar-refractivity contribution >= 4 is 23.1 Å². The normalized spacial score (nSPS) is 17.4. The maximum Gasteiger partial charge on any atom is 0.157 e. The lowest BCUT2D eigenvalue weighted by Gasteiger charge is -2.34. The summed E-state index contributed by atoms with van der Waals surface area (Å²) in [6, 6.07) is 0. The van der Waals surface area contributed by atoms with E-state index in [4.69, 9.17) is 17.3 Å². The molecule has 1 aromatic rings. The van der Waals surface area contributed by atoms with Gasteiger partial charge in [0.05, 0.1) is 0 Å². The molecule has 1 aliphatic rings. The number of anilines is 2. The number of hydrogen-bond donors (Lipinski definition) is 1. The van der Waals surface area contributed by atoms with Crippen LogP contribution < -0.4 is 10.6 Å². The molecule has 2 heterocycles. The van der Waals surface area contributed by atoms with Crippen LogP contribution in [-0.2, 0) is 0 Å². The molecule has 1 aliphatic heterocycles. The first-order chi connectivity index (χ1) is 8.58. The highest BCUT2D eigenvalue weighted by atomic mass is 35.5. The molecule has 1 aromatic heterocycles. The average Bonchev–Trinajstić information content (AvgIpc) is 2.33. The summed E-state index contributed by atoms with van der Waals surface area (Å²) in [5, 5.41) is 0.343. The molecule has 0 unspecified atom stereocenters. The molecule has 0 radical (unpaired) electrons. The van der Waals surface area contributed by atoms with E-state index in [0.29, 0.717) is 10.8 Å². The Morgan fingerprint density at radius 2 is 2.06 bits per heavy atom. The number of nitrogens with zero attached hydrogens (tertiary/aromatic N) is 4. The van der Waals surface area contributed by atoms with Crippen LogP contribution in [0.4, 0.5) is 11.5 Å². The maximum atomic E-state index is 5.92. The molecule has 0 aromatic carbocycles.